The third kappa shape index (κ3) is 1.49. The molecule has 0 bridgehead atoms. The zero-order valence-corrected chi connectivity index (χ0v) is 7.70. The molecule has 0 saturated heterocycles. The lowest BCUT2D eigenvalue weighted by Gasteiger charge is -2.36. The SMILES string of the molecule is N#CC1(Nc2ccc(O)nc2)CCC1. The molecule has 14 heavy (non-hydrogen) atoms. The Hall–Kier alpha value is -1.76. The molecule has 0 aliphatic heterocycles. The van der Waals surface area contributed by atoms with Gasteiger partial charge in [-0.05, 0) is 25.3 Å². The average molecular weight is 189 g/mol. The number of pyridine rings is 1. The summed E-state index contributed by atoms with van der Waals surface area (Å²) in [5.41, 5.74) is 0.377. The van der Waals surface area contributed by atoms with Gasteiger partial charge in [-0.3, -0.25) is 0 Å². The molecule has 0 atom stereocenters. The van der Waals surface area contributed by atoms with Gasteiger partial charge in [-0.15, -0.1) is 0 Å². The van der Waals surface area contributed by atoms with Gasteiger partial charge in [0.1, 0.15) is 5.54 Å². The van der Waals surface area contributed by atoms with E-state index in [1.54, 1.807) is 6.07 Å². The van der Waals surface area contributed by atoms with Gasteiger partial charge in [0, 0.05) is 6.07 Å². The number of hydrogen-bond acceptors (Lipinski definition) is 4. The zero-order chi connectivity index (χ0) is 10.0. The smallest absolute Gasteiger partial charge is 0.210 e. The van der Waals surface area contributed by atoms with Crippen LogP contribution in [0, 0.1) is 11.3 Å². The number of nitrogens with one attached hydrogen (secondary N) is 1. The van der Waals surface area contributed by atoms with E-state index in [1.165, 1.54) is 12.3 Å². The predicted molar refractivity (Wildman–Crippen MR) is 51.7 cm³/mol. The molecule has 0 aromatic carbocycles. The highest BCUT2D eigenvalue weighted by Gasteiger charge is 2.36. The molecule has 0 unspecified atom stereocenters. The van der Waals surface area contributed by atoms with Crippen LogP contribution in [-0.4, -0.2) is 15.6 Å². The van der Waals surface area contributed by atoms with Crippen LogP contribution in [0.4, 0.5) is 5.69 Å². The molecule has 1 saturated carbocycles. The van der Waals surface area contributed by atoms with Gasteiger partial charge >= 0.3 is 0 Å². The highest BCUT2D eigenvalue weighted by Crippen LogP contribution is 2.34. The summed E-state index contributed by atoms with van der Waals surface area (Å²) in [6.07, 6.45) is 4.38. The second-order valence-corrected chi connectivity index (χ2v) is 3.58. The number of hydrogen-bond donors (Lipinski definition) is 2. The molecular formula is C10H11N3O. The molecule has 72 valence electrons. The van der Waals surface area contributed by atoms with E-state index in [2.05, 4.69) is 16.4 Å². The summed E-state index contributed by atoms with van der Waals surface area (Å²) < 4.78 is 0. The molecule has 1 aromatic heterocycles. The fourth-order valence-corrected chi connectivity index (χ4v) is 1.53. The van der Waals surface area contributed by atoms with Crippen LogP contribution in [0.1, 0.15) is 19.3 Å². The summed E-state index contributed by atoms with van der Waals surface area (Å²) in [5.74, 6) is -0.00447. The van der Waals surface area contributed by atoms with Gasteiger partial charge < -0.3 is 10.4 Å². The maximum Gasteiger partial charge on any atom is 0.210 e. The normalized spacial score (nSPS) is 17.9. The number of rotatable bonds is 2. The van der Waals surface area contributed by atoms with Crippen molar-refractivity contribution in [3.63, 3.8) is 0 Å². The molecule has 0 spiro atoms. The molecular weight excluding hydrogens is 178 g/mol. The molecule has 2 N–H and O–H groups in total. The van der Waals surface area contributed by atoms with E-state index in [-0.39, 0.29) is 5.88 Å². The van der Waals surface area contributed by atoms with Gasteiger partial charge in [-0.25, -0.2) is 4.98 Å². The van der Waals surface area contributed by atoms with Crippen molar-refractivity contribution >= 4 is 5.69 Å². The van der Waals surface area contributed by atoms with Crippen LogP contribution in [0.25, 0.3) is 0 Å². The lowest BCUT2D eigenvalue weighted by Crippen LogP contribution is -2.43. The van der Waals surface area contributed by atoms with Gasteiger partial charge in [0.2, 0.25) is 5.88 Å². The average Bonchev–Trinajstić information content (AvgIpc) is 2.15. The first-order valence-corrected chi connectivity index (χ1v) is 4.59. The molecule has 4 heteroatoms. The van der Waals surface area contributed by atoms with E-state index < -0.39 is 5.54 Å². The molecule has 0 amide bonds. The molecule has 1 aromatic rings. The minimum atomic E-state index is -0.404. The standard InChI is InChI=1S/C10H11N3O/c11-7-10(4-1-5-10)13-8-2-3-9(14)12-6-8/h2-3,6,13H,1,4-5H2,(H,12,14). The Kier molecular flexibility index (Phi) is 2.01. The number of aromatic hydroxyl groups is 1. The molecule has 1 fully saturated rings. The Morgan fingerprint density at radius 3 is 2.71 bits per heavy atom. The molecule has 4 nitrogen and oxygen atoms in total. The second-order valence-electron chi connectivity index (χ2n) is 3.58. The van der Waals surface area contributed by atoms with E-state index in [0.717, 1.165) is 24.9 Å². The number of aromatic nitrogens is 1. The van der Waals surface area contributed by atoms with E-state index >= 15 is 0 Å². The van der Waals surface area contributed by atoms with Gasteiger partial charge in [-0.2, -0.15) is 5.26 Å². The summed E-state index contributed by atoms with van der Waals surface area (Å²) in [4.78, 5) is 3.74. The maximum atomic E-state index is 8.98. The first kappa shape index (κ1) is 8.82. The summed E-state index contributed by atoms with van der Waals surface area (Å²) in [6, 6.07) is 5.50. The highest BCUT2D eigenvalue weighted by atomic mass is 16.3. The molecule has 1 aliphatic rings. The van der Waals surface area contributed by atoms with Gasteiger partial charge in [0.25, 0.3) is 0 Å². The minimum Gasteiger partial charge on any atom is -0.493 e. The third-order valence-corrected chi connectivity index (χ3v) is 2.55. The maximum absolute atomic E-state index is 8.98. The second kappa shape index (κ2) is 3.18. The van der Waals surface area contributed by atoms with Crippen molar-refractivity contribution in [3.8, 4) is 11.9 Å². The summed E-state index contributed by atoms with van der Waals surface area (Å²) in [7, 11) is 0. The minimum absolute atomic E-state index is 0.00447. The molecule has 2 rings (SSSR count). The van der Waals surface area contributed by atoms with Crippen molar-refractivity contribution in [1.29, 1.82) is 5.26 Å². The van der Waals surface area contributed by atoms with Crippen molar-refractivity contribution in [1.82, 2.24) is 4.98 Å². The summed E-state index contributed by atoms with van der Waals surface area (Å²) >= 11 is 0. The van der Waals surface area contributed by atoms with E-state index in [1.807, 2.05) is 0 Å². The first-order chi connectivity index (χ1) is 6.74. The zero-order valence-electron chi connectivity index (χ0n) is 7.70. The summed E-state index contributed by atoms with van der Waals surface area (Å²) in [6.45, 7) is 0. The van der Waals surface area contributed by atoms with E-state index in [0.29, 0.717) is 0 Å². The highest BCUT2D eigenvalue weighted by molar-refractivity contribution is 5.47. The number of anilines is 1. The van der Waals surface area contributed by atoms with Crippen molar-refractivity contribution in [2.45, 2.75) is 24.8 Å². The van der Waals surface area contributed by atoms with Crippen molar-refractivity contribution in [3.05, 3.63) is 18.3 Å². The molecule has 1 heterocycles. The Morgan fingerprint density at radius 2 is 2.29 bits per heavy atom. The topological polar surface area (TPSA) is 68.9 Å². The van der Waals surface area contributed by atoms with Crippen LogP contribution in [0.2, 0.25) is 0 Å². The molecule has 1 aliphatic carbocycles. The van der Waals surface area contributed by atoms with Crippen LogP contribution < -0.4 is 5.32 Å². The van der Waals surface area contributed by atoms with Crippen LogP contribution >= 0.6 is 0 Å². The van der Waals surface area contributed by atoms with E-state index in [9.17, 15) is 0 Å². The van der Waals surface area contributed by atoms with Crippen molar-refractivity contribution in [2.75, 3.05) is 5.32 Å². The monoisotopic (exact) mass is 189 g/mol. The molecule has 0 radical (unpaired) electrons. The quantitative estimate of drug-likeness (QED) is 0.742. The Morgan fingerprint density at radius 1 is 1.50 bits per heavy atom. The summed E-state index contributed by atoms with van der Waals surface area (Å²) in [5, 5.41) is 21.1. The lowest BCUT2D eigenvalue weighted by atomic mass is 9.78. The van der Waals surface area contributed by atoms with Gasteiger partial charge in [0.15, 0.2) is 0 Å². The van der Waals surface area contributed by atoms with E-state index in [4.69, 9.17) is 10.4 Å². The van der Waals surface area contributed by atoms with Crippen LogP contribution in [0.3, 0.4) is 0 Å². The first-order valence-electron chi connectivity index (χ1n) is 4.59. The third-order valence-electron chi connectivity index (χ3n) is 2.55. The van der Waals surface area contributed by atoms with Gasteiger partial charge in [-0.1, -0.05) is 0 Å². The fraction of sp³-hybridized carbons (Fsp3) is 0.400. The van der Waals surface area contributed by atoms with Crippen molar-refractivity contribution in [2.24, 2.45) is 0 Å². The van der Waals surface area contributed by atoms with Crippen LogP contribution in [-0.2, 0) is 0 Å². The number of nitrogens with zero attached hydrogens (tertiary/aromatic N) is 2. The predicted octanol–water partition coefficient (Wildman–Crippen LogP) is 1.65. The van der Waals surface area contributed by atoms with Crippen molar-refractivity contribution < 1.29 is 5.11 Å². The van der Waals surface area contributed by atoms with Crippen LogP contribution in [0.5, 0.6) is 5.88 Å². The largest absolute Gasteiger partial charge is 0.493 e. The Balaban J connectivity index is 2.11. The fourth-order valence-electron chi connectivity index (χ4n) is 1.53. The van der Waals surface area contributed by atoms with Crippen LogP contribution in [0.15, 0.2) is 18.3 Å². The number of nitriles is 1. The lowest BCUT2D eigenvalue weighted by molar-refractivity contribution is 0.356. The van der Waals surface area contributed by atoms with Gasteiger partial charge in [0.05, 0.1) is 18.0 Å². The Bertz CT molecular complexity index is 362. The Labute approximate surface area is 82.2 Å².